The number of carbonyl (C=O) groups is 1. The first-order valence-electron chi connectivity index (χ1n) is 9.88. The van der Waals surface area contributed by atoms with Crippen LogP contribution in [0.2, 0.25) is 0 Å². The minimum Gasteiger partial charge on any atom is -0.367 e. The molecule has 1 aliphatic heterocycles. The van der Waals surface area contributed by atoms with E-state index in [1.54, 1.807) is 24.4 Å². The van der Waals surface area contributed by atoms with E-state index in [0.717, 1.165) is 34.5 Å². The van der Waals surface area contributed by atoms with Gasteiger partial charge in [0, 0.05) is 42.4 Å². The van der Waals surface area contributed by atoms with Crippen LogP contribution in [0.3, 0.4) is 0 Å². The molecule has 0 spiro atoms. The summed E-state index contributed by atoms with van der Waals surface area (Å²) in [5.74, 6) is -0.467. The van der Waals surface area contributed by atoms with Crippen LogP contribution in [0.4, 0.5) is 26.2 Å². The van der Waals surface area contributed by atoms with E-state index >= 15 is 0 Å². The standard InChI is InChI=1S/C24H23FN4O/c1-3-29-15-18(12-17-14-26-10-9-23(17)29)20-13-22(21(25)11-16(20)2)28-24(30)27-19-7-5-4-6-8-19/h4-14H,3,15H2,1-2H3,(H2,27,28,30). The van der Waals surface area contributed by atoms with E-state index in [9.17, 15) is 9.18 Å². The number of halogens is 1. The highest BCUT2D eigenvalue weighted by atomic mass is 19.1. The molecule has 5 nitrogen and oxygen atoms in total. The number of nitrogens with zero attached hydrogens (tertiary/aromatic N) is 2. The number of amides is 2. The first-order chi connectivity index (χ1) is 14.5. The summed E-state index contributed by atoms with van der Waals surface area (Å²) in [6, 6.07) is 13.7. The topological polar surface area (TPSA) is 57.3 Å². The van der Waals surface area contributed by atoms with Gasteiger partial charge in [-0.3, -0.25) is 4.98 Å². The van der Waals surface area contributed by atoms with Crippen molar-refractivity contribution in [1.82, 2.24) is 4.98 Å². The predicted molar refractivity (Wildman–Crippen MR) is 120 cm³/mol. The Bertz CT molecular complexity index is 1110. The number of para-hydroxylation sites is 1. The minimum absolute atomic E-state index is 0.143. The number of likely N-dealkylation sites (N-methyl/N-ethyl adjacent to an activating group) is 1. The maximum atomic E-state index is 14.6. The predicted octanol–water partition coefficient (Wildman–Crippen LogP) is 5.55. The number of aryl methyl sites for hydroxylation is 1. The lowest BCUT2D eigenvalue weighted by molar-refractivity contribution is 0.262. The molecule has 2 N–H and O–H groups in total. The van der Waals surface area contributed by atoms with Gasteiger partial charge in [0.25, 0.3) is 0 Å². The molecular weight excluding hydrogens is 379 g/mol. The van der Waals surface area contributed by atoms with Gasteiger partial charge in [0.05, 0.1) is 5.69 Å². The maximum Gasteiger partial charge on any atom is 0.323 e. The van der Waals surface area contributed by atoms with Gasteiger partial charge in [-0.2, -0.15) is 0 Å². The van der Waals surface area contributed by atoms with Crippen LogP contribution in [0.25, 0.3) is 11.6 Å². The van der Waals surface area contributed by atoms with Crippen LogP contribution in [0.1, 0.15) is 23.6 Å². The van der Waals surface area contributed by atoms with Crippen LogP contribution >= 0.6 is 0 Å². The molecule has 0 atom stereocenters. The largest absolute Gasteiger partial charge is 0.367 e. The van der Waals surface area contributed by atoms with Crippen molar-refractivity contribution in [2.75, 3.05) is 28.6 Å². The smallest absolute Gasteiger partial charge is 0.323 e. The van der Waals surface area contributed by atoms with Crippen molar-refractivity contribution in [2.45, 2.75) is 13.8 Å². The van der Waals surface area contributed by atoms with Crippen molar-refractivity contribution in [2.24, 2.45) is 0 Å². The van der Waals surface area contributed by atoms with Gasteiger partial charge in [0.2, 0.25) is 0 Å². The fraction of sp³-hybridized carbons (Fsp3) is 0.167. The van der Waals surface area contributed by atoms with Gasteiger partial charge >= 0.3 is 6.03 Å². The third-order valence-corrected chi connectivity index (χ3v) is 5.18. The lowest BCUT2D eigenvalue weighted by atomic mass is 9.94. The summed E-state index contributed by atoms with van der Waals surface area (Å²) in [7, 11) is 0. The number of fused-ring (bicyclic) bond motifs is 1. The van der Waals surface area contributed by atoms with Crippen LogP contribution in [0, 0.1) is 12.7 Å². The zero-order valence-corrected chi connectivity index (χ0v) is 16.9. The van der Waals surface area contributed by atoms with E-state index in [1.807, 2.05) is 37.4 Å². The number of nitrogens with one attached hydrogen (secondary N) is 2. The first-order valence-corrected chi connectivity index (χ1v) is 9.88. The van der Waals surface area contributed by atoms with Gasteiger partial charge in [0.15, 0.2) is 0 Å². The molecule has 0 fully saturated rings. The zero-order valence-electron chi connectivity index (χ0n) is 16.9. The van der Waals surface area contributed by atoms with Crippen molar-refractivity contribution in [1.29, 1.82) is 0 Å². The number of carbonyl (C=O) groups excluding carboxylic acids is 1. The Morgan fingerprint density at radius 3 is 2.73 bits per heavy atom. The van der Waals surface area contributed by atoms with Crippen LogP contribution in [-0.2, 0) is 0 Å². The number of benzene rings is 2. The number of anilines is 3. The van der Waals surface area contributed by atoms with E-state index in [0.29, 0.717) is 12.2 Å². The van der Waals surface area contributed by atoms with Crippen molar-refractivity contribution < 1.29 is 9.18 Å². The molecule has 0 radical (unpaired) electrons. The summed E-state index contributed by atoms with van der Waals surface area (Å²) in [6.45, 7) is 5.53. The average molecular weight is 402 g/mol. The van der Waals surface area contributed by atoms with Crippen molar-refractivity contribution >= 4 is 34.7 Å². The molecule has 0 aliphatic carbocycles. The second kappa shape index (κ2) is 8.37. The molecule has 6 heteroatoms. The molecular formula is C24H23FN4O. The fourth-order valence-corrected chi connectivity index (χ4v) is 3.69. The molecule has 30 heavy (non-hydrogen) atoms. The minimum atomic E-state index is -0.489. The summed E-state index contributed by atoms with van der Waals surface area (Å²) in [4.78, 5) is 18.8. The third-order valence-electron chi connectivity index (χ3n) is 5.18. The summed E-state index contributed by atoms with van der Waals surface area (Å²) < 4.78 is 14.6. The highest BCUT2D eigenvalue weighted by molar-refractivity contribution is 6.00. The normalized spacial score (nSPS) is 12.8. The SMILES string of the molecule is CCN1CC(c2cc(NC(=O)Nc3ccccc3)c(F)cc2C)=Cc2cnccc21. The van der Waals surface area contributed by atoms with Gasteiger partial charge in [0.1, 0.15) is 5.82 Å². The lowest BCUT2D eigenvalue weighted by Crippen LogP contribution is -2.28. The molecule has 1 aromatic heterocycles. The number of urea groups is 1. The van der Waals surface area contributed by atoms with Crippen LogP contribution in [0.15, 0.2) is 60.9 Å². The Balaban J connectivity index is 1.64. The van der Waals surface area contributed by atoms with Crippen LogP contribution in [-0.4, -0.2) is 24.1 Å². The van der Waals surface area contributed by atoms with E-state index in [1.165, 1.54) is 6.07 Å². The van der Waals surface area contributed by atoms with Gasteiger partial charge in [-0.25, -0.2) is 9.18 Å². The van der Waals surface area contributed by atoms with Crippen molar-refractivity contribution in [3.63, 3.8) is 0 Å². The van der Waals surface area contributed by atoms with E-state index in [4.69, 9.17) is 0 Å². The number of hydrogen-bond acceptors (Lipinski definition) is 3. The van der Waals surface area contributed by atoms with E-state index < -0.39 is 11.8 Å². The summed E-state index contributed by atoms with van der Waals surface area (Å²) in [5, 5.41) is 5.34. The Kier molecular flexibility index (Phi) is 5.48. The molecule has 4 rings (SSSR count). The Hall–Kier alpha value is -3.67. The summed E-state index contributed by atoms with van der Waals surface area (Å²) >= 11 is 0. The Morgan fingerprint density at radius 2 is 1.97 bits per heavy atom. The molecule has 152 valence electrons. The second-order valence-corrected chi connectivity index (χ2v) is 7.21. The second-order valence-electron chi connectivity index (χ2n) is 7.21. The highest BCUT2D eigenvalue weighted by Gasteiger charge is 2.20. The van der Waals surface area contributed by atoms with Gasteiger partial charge in [-0.15, -0.1) is 0 Å². The van der Waals surface area contributed by atoms with Crippen molar-refractivity contribution in [3.8, 4) is 0 Å². The quantitative estimate of drug-likeness (QED) is 0.601. The van der Waals surface area contributed by atoms with Gasteiger partial charge in [-0.05, 0) is 67.0 Å². The molecule has 2 heterocycles. The Morgan fingerprint density at radius 1 is 1.17 bits per heavy atom. The Labute approximate surface area is 175 Å². The van der Waals surface area contributed by atoms with Crippen LogP contribution < -0.4 is 15.5 Å². The van der Waals surface area contributed by atoms with Gasteiger partial charge < -0.3 is 15.5 Å². The fourth-order valence-electron chi connectivity index (χ4n) is 3.69. The van der Waals surface area contributed by atoms with E-state index in [2.05, 4.69) is 33.5 Å². The first kappa shape index (κ1) is 19.6. The molecule has 0 bridgehead atoms. The molecule has 2 aromatic carbocycles. The zero-order chi connectivity index (χ0) is 21.1. The monoisotopic (exact) mass is 402 g/mol. The summed E-state index contributed by atoms with van der Waals surface area (Å²) in [5.41, 5.74) is 5.72. The van der Waals surface area contributed by atoms with Gasteiger partial charge in [-0.1, -0.05) is 18.2 Å². The maximum absolute atomic E-state index is 14.6. The van der Waals surface area contributed by atoms with Crippen molar-refractivity contribution in [3.05, 3.63) is 83.4 Å². The number of hydrogen-bond donors (Lipinski definition) is 2. The summed E-state index contributed by atoms with van der Waals surface area (Å²) in [6.07, 6.45) is 5.71. The molecule has 0 unspecified atom stereocenters. The number of aromatic nitrogens is 1. The highest BCUT2D eigenvalue weighted by Crippen LogP contribution is 2.34. The molecule has 0 saturated carbocycles. The average Bonchev–Trinajstić information content (AvgIpc) is 2.75. The molecule has 2 amide bonds. The number of pyridine rings is 1. The molecule has 3 aromatic rings. The molecule has 1 aliphatic rings. The van der Waals surface area contributed by atoms with Crippen LogP contribution in [0.5, 0.6) is 0 Å². The van der Waals surface area contributed by atoms with E-state index in [-0.39, 0.29) is 5.69 Å². The molecule has 0 saturated heterocycles. The number of rotatable bonds is 4. The third kappa shape index (κ3) is 4.03. The lowest BCUT2D eigenvalue weighted by Gasteiger charge is -2.31.